The van der Waals surface area contributed by atoms with Crippen molar-refractivity contribution in [3.05, 3.63) is 35.8 Å². The summed E-state index contributed by atoms with van der Waals surface area (Å²) in [6, 6.07) is 2.42. The smallest absolute Gasteiger partial charge is 0.0950 e. The Labute approximate surface area is 97.7 Å². The van der Waals surface area contributed by atoms with Gasteiger partial charge in [0.05, 0.1) is 12.5 Å². The summed E-state index contributed by atoms with van der Waals surface area (Å²) in [5.74, 6) is 0. The molecule has 0 spiro atoms. The van der Waals surface area contributed by atoms with E-state index in [9.17, 15) is 0 Å². The van der Waals surface area contributed by atoms with Gasteiger partial charge >= 0.3 is 0 Å². The van der Waals surface area contributed by atoms with Gasteiger partial charge in [-0.2, -0.15) is 0 Å². The van der Waals surface area contributed by atoms with E-state index in [1.807, 2.05) is 12.3 Å². The van der Waals surface area contributed by atoms with Crippen LogP contribution in [0.5, 0.6) is 0 Å². The quantitative estimate of drug-likeness (QED) is 0.761. The molecule has 0 amide bonds. The minimum atomic E-state index is 0.392. The maximum absolute atomic E-state index is 5.08. The highest BCUT2D eigenvalue weighted by Crippen LogP contribution is 2.20. The molecule has 1 atom stereocenters. The fourth-order valence-corrected chi connectivity index (χ4v) is 2.22. The van der Waals surface area contributed by atoms with Crippen molar-refractivity contribution < 1.29 is 4.42 Å². The second-order valence-electron chi connectivity index (χ2n) is 4.59. The molecule has 0 saturated carbocycles. The summed E-state index contributed by atoms with van der Waals surface area (Å²) in [6.07, 6.45) is 12.5. The summed E-state index contributed by atoms with van der Waals surface area (Å²) >= 11 is 0. The van der Waals surface area contributed by atoms with Crippen LogP contribution < -0.4 is 5.32 Å². The van der Waals surface area contributed by atoms with Gasteiger partial charge in [0.15, 0.2) is 0 Å². The third-order valence-corrected chi connectivity index (χ3v) is 3.32. The van der Waals surface area contributed by atoms with Gasteiger partial charge in [0.2, 0.25) is 0 Å². The highest BCUT2D eigenvalue weighted by atomic mass is 16.3. The van der Waals surface area contributed by atoms with E-state index in [4.69, 9.17) is 4.42 Å². The van der Waals surface area contributed by atoms with E-state index >= 15 is 0 Å². The second-order valence-corrected chi connectivity index (χ2v) is 4.59. The first-order chi connectivity index (χ1) is 7.86. The molecule has 2 heteroatoms. The van der Waals surface area contributed by atoms with Crippen molar-refractivity contribution in [3.8, 4) is 0 Å². The summed E-state index contributed by atoms with van der Waals surface area (Å²) in [7, 11) is 0. The Balaban J connectivity index is 1.69. The van der Waals surface area contributed by atoms with Crippen molar-refractivity contribution in [2.24, 2.45) is 0 Å². The maximum Gasteiger partial charge on any atom is 0.0950 e. The van der Waals surface area contributed by atoms with Crippen molar-refractivity contribution in [1.29, 1.82) is 0 Å². The molecule has 1 aliphatic rings. The fraction of sp³-hybridized carbons (Fsp3) is 0.571. The van der Waals surface area contributed by atoms with Gasteiger partial charge in [-0.15, -0.1) is 0 Å². The van der Waals surface area contributed by atoms with Crippen LogP contribution in [-0.4, -0.2) is 6.54 Å². The lowest BCUT2D eigenvalue weighted by Gasteiger charge is -2.15. The lowest BCUT2D eigenvalue weighted by molar-refractivity contribution is 0.535. The van der Waals surface area contributed by atoms with Crippen LogP contribution in [0.25, 0.3) is 0 Å². The molecule has 1 N–H and O–H groups in total. The zero-order chi connectivity index (χ0) is 11.2. The molecule has 1 aliphatic carbocycles. The second kappa shape index (κ2) is 5.90. The molecule has 88 valence electrons. The van der Waals surface area contributed by atoms with Crippen LogP contribution in [0.4, 0.5) is 0 Å². The van der Waals surface area contributed by atoms with Crippen LogP contribution in [0.1, 0.15) is 50.6 Å². The van der Waals surface area contributed by atoms with Gasteiger partial charge in [-0.1, -0.05) is 11.6 Å². The maximum atomic E-state index is 5.08. The largest absolute Gasteiger partial charge is 0.472 e. The van der Waals surface area contributed by atoms with E-state index in [2.05, 4.69) is 18.3 Å². The predicted octanol–water partition coefficient (Wildman–Crippen LogP) is 3.82. The minimum absolute atomic E-state index is 0.392. The van der Waals surface area contributed by atoms with E-state index in [0.29, 0.717) is 6.04 Å². The Kier molecular flexibility index (Phi) is 4.23. The molecular formula is C14H21NO. The summed E-state index contributed by atoms with van der Waals surface area (Å²) in [4.78, 5) is 0. The van der Waals surface area contributed by atoms with Gasteiger partial charge in [0, 0.05) is 11.6 Å². The average Bonchev–Trinajstić information content (AvgIpc) is 2.84. The lowest BCUT2D eigenvalue weighted by atomic mass is 9.97. The zero-order valence-corrected chi connectivity index (χ0v) is 10.0. The fourth-order valence-electron chi connectivity index (χ4n) is 2.22. The van der Waals surface area contributed by atoms with Crippen molar-refractivity contribution in [3.63, 3.8) is 0 Å². The summed E-state index contributed by atoms with van der Waals surface area (Å²) < 4.78 is 5.08. The normalized spacial score (nSPS) is 18.2. The predicted molar refractivity (Wildman–Crippen MR) is 66.3 cm³/mol. The molecule has 2 rings (SSSR count). The van der Waals surface area contributed by atoms with E-state index in [1.165, 1.54) is 37.7 Å². The SMILES string of the molecule is CC(NCCC1=CCCCC1)c1ccoc1. The standard InChI is InChI=1S/C14H21NO/c1-12(14-8-10-16-11-14)15-9-7-13-5-3-2-4-6-13/h5,8,10-12,15H,2-4,6-7,9H2,1H3. The van der Waals surface area contributed by atoms with E-state index < -0.39 is 0 Å². The van der Waals surface area contributed by atoms with Crippen LogP contribution in [0.3, 0.4) is 0 Å². The molecule has 1 unspecified atom stereocenters. The Hall–Kier alpha value is -1.02. The summed E-state index contributed by atoms with van der Waals surface area (Å²) in [6.45, 7) is 3.25. The lowest BCUT2D eigenvalue weighted by Crippen LogP contribution is -2.20. The van der Waals surface area contributed by atoms with Gasteiger partial charge in [-0.05, 0) is 51.6 Å². The van der Waals surface area contributed by atoms with Crippen molar-refractivity contribution in [2.75, 3.05) is 6.54 Å². The number of hydrogen-bond acceptors (Lipinski definition) is 2. The third-order valence-electron chi connectivity index (χ3n) is 3.32. The van der Waals surface area contributed by atoms with Gasteiger partial charge in [0.25, 0.3) is 0 Å². The highest BCUT2D eigenvalue weighted by Gasteiger charge is 2.07. The molecule has 1 heterocycles. The number of furan rings is 1. The van der Waals surface area contributed by atoms with Gasteiger partial charge < -0.3 is 9.73 Å². The molecule has 0 aromatic carbocycles. The molecule has 1 aromatic heterocycles. The summed E-state index contributed by atoms with van der Waals surface area (Å²) in [5.41, 5.74) is 2.87. The first kappa shape index (κ1) is 11.5. The first-order valence-corrected chi connectivity index (χ1v) is 6.29. The molecule has 0 aliphatic heterocycles. The Bertz CT molecular complexity index is 327. The number of hydrogen-bond donors (Lipinski definition) is 1. The molecule has 0 bridgehead atoms. The number of nitrogens with one attached hydrogen (secondary N) is 1. The molecular weight excluding hydrogens is 198 g/mol. The topological polar surface area (TPSA) is 25.2 Å². The third kappa shape index (κ3) is 3.24. The Morgan fingerprint density at radius 1 is 1.44 bits per heavy atom. The molecule has 16 heavy (non-hydrogen) atoms. The monoisotopic (exact) mass is 219 g/mol. The van der Waals surface area contributed by atoms with Gasteiger partial charge in [0.1, 0.15) is 0 Å². The Morgan fingerprint density at radius 2 is 2.38 bits per heavy atom. The molecule has 0 radical (unpaired) electrons. The minimum Gasteiger partial charge on any atom is -0.472 e. The summed E-state index contributed by atoms with van der Waals surface area (Å²) in [5, 5.41) is 3.53. The number of allylic oxidation sites excluding steroid dienone is 1. The van der Waals surface area contributed by atoms with Gasteiger partial charge in [-0.25, -0.2) is 0 Å². The molecule has 1 aromatic rings. The van der Waals surface area contributed by atoms with Crippen LogP contribution in [-0.2, 0) is 0 Å². The average molecular weight is 219 g/mol. The van der Waals surface area contributed by atoms with Crippen LogP contribution in [0.15, 0.2) is 34.7 Å². The van der Waals surface area contributed by atoms with Gasteiger partial charge in [-0.3, -0.25) is 0 Å². The van der Waals surface area contributed by atoms with Crippen molar-refractivity contribution in [1.82, 2.24) is 5.32 Å². The van der Waals surface area contributed by atoms with E-state index in [1.54, 1.807) is 11.8 Å². The van der Waals surface area contributed by atoms with Crippen LogP contribution >= 0.6 is 0 Å². The van der Waals surface area contributed by atoms with Crippen molar-refractivity contribution >= 4 is 0 Å². The Morgan fingerprint density at radius 3 is 3.06 bits per heavy atom. The van der Waals surface area contributed by atoms with Crippen LogP contribution in [0, 0.1) is 0 Å². The van der Waals surface area contributed by atoms with Crippen molar-refractivity contribution in [2.45, 2.75) is 45.1 Å². The highest BCUT2D eigenvalue weighted by molar-refractivity contribution is 5.10. The van der Waals surface area contributed by atoms with E-state index in [-0.39, 0.29) is 0 Å². The molecule has 0 fully saturated rings. The first-order valence-electron chi connectivity index (χ1n) is 6.29. The molecule has 0 saturated heterocycles. The molecule has 2 nitrogen and oxygen atoms in total. The zero-order valence-electron chi connectivity index (χ0n) is 10.0. The van der Waals surface area contributed by atoms with Crippen LogP contribution in [0.2, 0.25) is 0 Å². The van der Waals surface area contributed by atoms with E-state index in [0.717, 1.165) is 6.54 Å². The number of rotatable bonds is 5.